The molecule has 0 radical (unpaired) electrons. The lowest BCUT2D eigenvalue weighted by molar-refractivity contribution is -0.0898. The van der Waals surface area contributed by atoms with Gasteiger partial charge in [0.2, 0.25) is 5.69 Å². The second kappa shape index (κ2) is 19.3. The zero-order valence-corrected chi connectivity index (χ0v) is 37.4. The van der Waals surface area contributed by atoms with Gasteiger partial charge in [-0.2, -0.15) is 0 Å². The molecule has 8 rings (SSSR count). The molecule has 7 aromatic rings. The number of amides is 1. The zero-order valence-electron chi connectivity index (χ0n) is 33.3. The Kier molecular flexibility index (Phi) is 13.6. The molecular formula is C45H40Cl2N5O7PS2. The summed E-state index contributed by atoms with van der Waals surface area (Å²) in [6.45, 7) is -0.0167. The van der Waals surface area contributed by atoms with Crippen molar-refractivity contribution in [3.8, 4) is 11.5 Å². The minimum absolute atomic E-state index is 0.0167. The monoisotopic (exact) mass is 927 g/mol. The van der Waals surface area contributed by atoms with Crippen molar-refractivity contribution in [3.05, 3.63) is 178 Å². The maximum Gasteiger partial charge on any atom is 0.256 e. The number of rotatable bonds is 16. The molecule has 0 spiro atoms. The van der Waals surface area contributed by atoms with Crippen LogP contribution in [0.25, 0.3) is 11.2 Å². The van der Waals surface area contributed by atoms with Gasteiger partial charge in [-0.1, -0.05) is 113 Å². The van der Waals surface area contributed by atoms with Crippen LogP contribution in [-0.2, 0) is 37.2 Å². The zero-order chi connectivity index (χ0) is 43.3. The number of benzene rings is 5. The summed E-state index contributed by atoms with van der Waals surface area (Å²) in [5.74, 6) is 1.55. The van der Waals surface area contributed by atoms with Crippen molar-refractivity contribution >= 4 is 75.0 Å². The minimum Gasteiger partial charge on any atom is -0.497 e. The molecule has 1 aliphatic heterocycles. The summed E-state index contributed by atoms with van der Waals surface area (Å²) in [4.78, 5) is 38.4. The fourth-order valence-corrected chi connectivity index (χ4v) is 11.3. The Morgan fingerprint density at radius 2 is 1.52 bits per heavy atom. The van der Waals surface area contributed by atoms with Crippen molar-refractivity contribution in [2.75, 3.05) is 26.1 Å². The lowest BCUT2D eigenvalue weighted by Gasteiger charge is -2.37. The Morgan fingerprint density at radius 1 is 0.887 bits per heavy atom. The van der Waals surface area contributed by atoms with E-state index in [0.717, 1.165) is 33.6 Å². The van der Waals surface area contributed by atoms with Gasteiger partial charge < -0.3 is 33.7 Å². The van der Waals surface area contributed by atoms with Gasteiger partial charge in [0, 0.05) is 27.8 Å². The van der Waals surface area contributed by atoms with Crippen LogP contribution in [0.4, 0.5) is 5.82 Å². The number of carbonyl (C=O) groups is 1. The van der Waals surface area contributed by atoms with E-state index in [1.165, 1.54) is 6.33 Å². The number of anilines is 1. The first-order valence-electron chi connectivity index (χ1n) is 19.3. The number of methoxy groups -OCH3 is 2. The van der Waals surface area contributed by atoms with Crippen LogP contribution >= 0.6 is 40.3 Å². The number of carbonyl (C=O) groups excluding carboxylic acids is 1. The minimum atomic E-state index is -3.54. The molecule has 1 aliphatic rings. The molecule has 1 saturated heterocycles. The number of imidazole rings is 1. The number of hydrogen-bond donors (Lipinski definition) is 2. The van der Waals surface area contributed by atoms with Gasteiger partial charge in [-0.25, -0.2) is 15.0 Å². The van der Waals surface area contributed by atoms with E-state index in [-0.39, 0.29) is 30.5 Å². The van der Waals surface area contributed by atoms with Crippen LogP contribution in [0, 0.1) is 0 Å². The molecule has 17 heteroatoms. The average Bonchev–Trinajstić information content (AvgIpc) is 3.91. The second-order valence-corrected chi connectivity index (χ2v) is 21.1. The molecule has 2 aromatic heterocycles. The SMILES string of the molecule is COc1ccc(C(OC[C@H]2O[C@@H](n3cnc4c(NC(=O)c5ccccc5)ncnc43)C[C@@H]2OP(O)(=S)SCc2ccc(Cl)cc2Cl)(c2ccccc2)c2ccc(OC)cc2)cc1. The van der Waals surface area contributed by atoms with Gasteiger partial charge in [-0.05, 0) is 82.6 Å². The van der Waals surface area contributed by atoms with Crippen LogP contribution < -0.4 is 14.8 Å². The third-order valence-corrected chi connectivity index (χ3v) is 15.1. The number of fused-ring (bicyclic) bond motifs is 1. The summed E-state index contributed by atoms with van der Waals surface area (Å²) >= 11 is 19.5. The normalized spacial score (nSPS) is 17.4. The topological polar surface area (TPSA) is 139 Å². The number of ether oxygens (including phenoxy) is 4. The van der Waals surface area contributed by atoms with Gasteiger partial charge >= 0.3 is 0 Å². The molecule has 2 N–H and O–H groups in total. The first-order chi connectivity index (χ1) is 30.1. The number of halogens is 2. The van der Waals surface area contributed by atoms with E-state index in [4.69, 9.17) is 58.5 Å². The molecule has 0 aliphatic carbocycles. The van der Waals surface area contributed by atoms with Crippen LogP contribution in [0.2, 0.25) is 10.0 Å². The molecule has 62 heavy (non-hydrogen) atoms. The Balaban J connectivity index is 1.15. The van der Waals surface area contributed by atoms with E-state index >= 15 is 0 Å². The Morgan fingerprint density at radius 3 is 2.15 bits per heavy atom. The first kappa shape index (κ1) is 43.8. The molecule has 0 saturated carbocycles. The maximum absolute atomic E-state index is 13.1. The molecule has 1 amide bonds. The van der Waals surface area contributed by atoms with E-state index in [1.54, 1.807) is 67.6 Å². The molecular weight excluding hydrogens is 889 g/mol. The standard InChI is InChI=1S/C45H40Cl2N5O7PS2/c1-55-35-19-14-32(15-20-35)45(31-11-7-4-8-12-31,33-16-21-36(56-2)22-17-33)57-25-39-38(59-60(54,61)62-26-30-13-18-34(46)23-37(30)47)24-40(58-39)52-28-50-41-42(48-27-49-43(41)52)51-44(53)29-9-5-3-6-10-29/h3-23,27-28,38-40H,24-26H2,1-2H3,(H,54,61)(H,48,49,51,53)/t38-,39+,40+,60?/m0/s1. The first-order valence-corrected chi connectivity index (χ1v) is 24.4. The van der Waals surface area contributed by atoms with Gasteiger partial charge in [-0.3, -0.25) is 9.36 Å². The fraction of sp³-hybridized carbons (Fsp3) is 0.200. The fourth-order valence-electron chi connectivity index (χ4n) is 7.33. The summed E-state index contributed by atoms with van der Waals surface area (Å²) in [6, 6.07) is 39.3. The molecule has 3 heterocycles. The van der Waals surface area contributed by atoms with E-state index in [9.17, 15) is 9.69 Å². The maximum atomic E-state index is 13.1. The predicted molar refractivity (Wildman–Crippen MR) is 246 cm³/mol. The summed E-state index contributed by atoms with van der Waals surface area (Å²) in [5, 5.41) is 3.81. The summed E-state index contributed by atoms with van der Waals surface area (Å²) < 4.78 is 33.4. The summed E-state index contributed by atoms with van der Waals surface area (Å²) in [5.41, 5.74) is -0.216. The molecule has 1 fully saturated rings. The molecule has 12 nitrogen and oxygen atoms in total. The highest BCUT2D eigenvalue weighted by molar-refractivity contribution is 8.67. The Bertz CT molecular complexity index is 2650. The molecule has 1 unspecified atom stereocenters. The number of nitrogens with zero attached hydrogens (tertiary/aromatic N) is 4. The quantitative estimate of drug-likeness (QED) is 0.0705. The predicted octanol–water partition coefficient (Wildman–Crippen LogP) is 10.2. The third-order valence-electron chi connectivity index (χ3n) is 10.4. The van der Waals surface area contributed by atoms with Crippen LogP contribution in [-0.4, -0.2) is 63.4 Å². The number of hydrogen-bond acceptors (Lipinski definition) is 11. The molecule has 0 bridgehead atoms. The van der Waals surface area contributed by atoms with Gasteiger partial charge in [0.25, 0.3) is 5.91 Å². The van der Waals surface area contributed by atoms with E-state index in [0.29, 0.717) is 38.3 Å². The van der Waals surface area contributed by atoms with Crippen LogP contribution in [0.5, 0.6) is 11.5 Å². The highest BCUT2D eigenvalue weighted by atomic mass is 35.5. The van der Waals surface area contributed by atoms with Crippen LogP contribution in [0.1, 0.15) is 45.3 Å². The molecule has 4 atom stereocenters. The van der Waals surface area contributed by atoms with Gasteiger partial charge in [0.1, 0.15) is 35.8 Å². The van der Waals surface area contributed by atoms with Gasteiger partial charge in [-0.15, -0.1) is 0 Å². The lowest BCUT2D eigenvalue weighted by atomic mass is 9.80. The highest BCUT2D eigenvalue weighted by Gasteiger charge is 2.44. The summed E-state index contributed by atoms with van der Waals surface area (Å²) in [7, 11) is 3.24. The van der Waals surface area contributed by atoms with Crippen molar-refractivity contribution in [1.29, 1.82) is 0 Å². The number of nitrogens with one attached hydrogen (secondary N) is 1. The Hall–Kier alpha value is -4.86. The third kappa shape index (κ3) is 9.54. The van der Waals surface area contributed by atoms with Gasteiger partial charge in [0.05, 0.1) is 33.3 Å². The van der Waals surface area contributed by atoms with Gasteiger partial charge in [0.15, 0.2) is 17.0 Å². The largest absolute Gasteiger partial charge is 0.497 e. The van der Waals surface area contributed by atoms with Crippen LogP contribution in [0.3, 0.4) is 0 Å². The number of aromatic nitrogens is 4. The van der Waals surface area contributed by atoms with Crippen molar-refractivity contribution in [1.82, 2.24) is 19.5 Å². The van der Waals surface area contributed by atoms with Crippen molar-refractivity contribution in [2.24, 2.45) is 0 Å². The van der Waals surface area contributed by atoms with E-state index in [2.05, 4.69) is 20.3 Å². The Labute approximate surface area is 377 Å². The van der Waals surface area contributed by atoms with E-state index in [1.807, 2.05) is 84.9 Å². The van der Waals surface area contributed by atoms with E-state index < -0.39 is 29.7 Å². The smallest absolute Gasteiger partial charge is 0.256 e. The summed E-state index contributed by atoms with van der Waals surface area (Å²) in [6.07, 6.45) is 0.933. The van der Waals surface area contributed by atoms with Crippen LogP contribution in [0.15, 0.2) is 140 Å². The second-order valence-electron chi connectivity index (χ2n) is 14.2. The van der Waals surface area contributed by atoms with Crippen molar-refractivity contribution in [2.45, 2.75) is 36.2 Å². The molecule has 318 valence electrons. The average molecular weight is 929 g/mol. The van der Waals surface area contributed by atoms with Crippen molar-refractivity contribution in [3.63, 3.8) is 0 Å². The van der Waals surface area contributed by atoms with Crippen molar-refractivity contribution < 1.29 is 33.2 Å². The lowest BCUT2D eigenvalue weighted by Crippen LogP contribution is -2.38. The molecule has 5 aromatic carbocycles. The highest BCUT2D eigenvalue weighted by Crippen LogP contribution is 2.60.